The number of hydrogen-bond acceptors (Lipinski definition) is 6. The van der Waals surface area contributed by atoms with Gasteiger partial charge in [0.1, 0.15) is 5.69 Å². The number of benzene rings is 1. The van der Waals surface area contributed by atoms with Crippen LogP contribution in [0.4, 0.5) is 0 Å². The summed E-state index contributed by atoms with van der Waals surface area (Å²) in [6.45, 7) is 6.13. The lowest BCUT2D eigenvalue weighted by Crippen LogP contribution is -2.51. The fraction of sp³-hybridized carbons (Fsp3) is 0.500. The number of nitrogens with zero attached hydrogens (tertiary/aromatic N) is 4. The van der Waals surface area contributed by atoms with Crippen LogP contribution in [0.25, 0.3) is 11.0 Å². The molecule has 0 aliphatic carbocycles. The Hall–Kier alpha value is -2.09. The highest BCUT2D eigenvalue weighted by molar-refractivity contribution is 5.93. The van der Waals surface area contributed by atoms with Crippen LogP contribution in [0.1, 0.15) is 17.4 Å². The number of aromatic nitrogens is 2. The van der Waals surface area contributed by atoms with Crippen LogP contribution in [-0.2, 0) is 4.74 Å². The number of aliphatic hydroxyl groups is 1. The molecule has 25 heavy (non-hydrogen) atoms. The maximum absolute atomic E-state index is 12.6. The van der Waals surface area contributed by atoms with Gasteiger partial charge in [-0.05, 0) is 19.1 Å². The first-order valence-corrected chi connectivity index (χ1v) is 8.66. The van der Waals surface area contributed by atoms with Crippen molar-refractivity contribution in [2.45, 2.75) is 13.0 Å². The SMILES string of the molecule is CCOC[C@@H](O)CN1CCN(C(=O)c2cnc3ccccc3n2)CC1. The molecule has 7 nitrogen and oxygen atoms in total. The number of carbonyl (C=O) groups excluding carboxylic acids is 1. The number of aliphatic hydroxyl groups excluding tert-OH is 1. The summed E-state index contributed by atoms with van der Waals surface area (Å²) in [7, 11) is 0. The largest absolute Gasteiger partial charge is 0.389 e. The third kappa shape index (κ3) is 4.50. The second-order valence-corrected chi connectivity index (χ2v) is 6.15. The summed E-state index contributed by atoms with van der Waals surface area (Å²) in [5, 5.41) is 9.92. The summed E-state index contributed by atoms with van der Waals surface area (Å²) in [5.74, 6) is -0.0900. The quantitative estimate of drug-likeness (QED) is 0.834. The Morgan fingerprint density at radius 3 is 2.68 bits per heavy atom. The average molecular weight is 344 g/mol. The Kier molecular flexibility index (Phi) is 5.91. The molecule has 0 bridgehead atoms. The maximum Gasteiger partial charge on any atom is 0.274 e. The lowest BCUT2D eigenvalue weighted by atomic mass is 10.2. The third-order valence-electron chi connectivity index (χ3n) is 4.31. The molecule has 1 fully saturated rings. The van der Waals surface area contributed by atoms with Crippen molar-refractivity contribution < 1.29 is 14.6 Å². The van der Waals surface area contributed by atoms with Crippen LogP contribution >= 0.6 is 0 Å². The number of rotatable bonds is 6. The van der Waals surface area contributed by atoms with Gasteiger partial charge in [0.2, 0.25) is 0 Å². The molecule has 1 amide bonds. The third-order valence-corrected chi connectivity index (χ3v) is 4.31. The average Bonchev–Trinajstić information content (AvgIpc) is 2.66. The molecule has 0 unspecified atom stereocenters. The molecule has 1 N–H and O–H groups in total. The predicted octanol–water partition coefficient (Wildman–Crippen LogP) is 0.785. The van der Waals surface area contributed by atoms with Crippen molar-refractivity contribution in [1.29, 1.82) is 0 Å². The van der Waals surface area contributed by atoms with Crippen molar-refractivity contribution in [1.82, 2.24) is 19.8 Å². The molecule has 0 spiro atoms. The van der Waals surface area contributed by atoms with Crippen LogP contribution in [0.5, 0.6) is 0 Å². The van der Waals surface area contributed by atoms with Crippen LogP contribution in [0, 0.1) is 0 Å². The smallest absolute Gasteiger partial charge is 0.274 e. The van der Waals surface area contributed by atoms with E-state index in [0.717, 1.165) is 24.1 Å². The molecule has 0 saturated carbocycles. The zero-order valence-corrected chi connectivity index (χ0v) is 14.5. The van der Waals surface area contributed by atoms with E-state index in [1.807, 2.05) is 31.2 Å². The van der Waals surface area contributed by atoms with Crippen LogP contribution in [-0.4, -0.2) is 82.8 Å². The van der Waals surface area contributed by atoms with E-state index < -0.39 is 6.10 Å². The zero-order chi connectivity index (χ0) is 17.6. The molecule has 1 atom stereocenters. The van der Waals surface area contributed by atoms with Crippen molar-refractivity contribution >= 4 is 16.9 Å². The van der Waals surface area contributed by atoms with Gasteiger partial charge in [-0.2, -0.15) is 0 Å². The minimum Gasteiger partial charge on any atom is -0.389 e. The van der Waals surface area contributed by atoms with Crippen molar-refractivity contribution in [2.75, 3.05) is 45.9 Å². The summed E-state index contributed by atoms with van der Waals surface area (Å²) in [5.41, 5.74) is 1.89. The summed E-state index contributed by atoms with van der Waals surface area (Å²) >= 11 is 0. The molecule has 134 valence electrons. The van der Waals surface area contributed by atoms with Crippen LogP contribution in [0.15, 0.2) is 30.5 Å². The monoisotopic (exact) mass is 344 g/mol. The first kappa shape index (κ1) is 17.7. The van der Waals surface area contributed by atoms with Crippen LogP contribution in [0.3, 0.4) is 0 Å². The number of hydrogen-bond donors (Lipinski definition) is 1. The minimum absolute atomic E-state index is 0.0900. The second-order valence-electron chi connectivity index (χ2n) is 6.15. The Morgan fingerprint density at radius 2 is 1.96 bits per heavy atom. The highest BCUT2D eigenvalue weighted by atomic mass is 16.5. The standard InChI is InChI=1S/C18H24N4O3/c1-2-25-13-14(23)12-21-7-9-22(10-8-21)18(24)17-11-19-15-5-3-4-6-16(15)20-17/h3-6,11,14,23H,2,7-10,12-13H2,1H3/t14-/m0/s1. The number of carbonyl (C=O) groups is 1. The first-order valence-electron chi connectivity index (χ1n) is 8.66. The van der Waals surface area contributed by atoms with E-state index in [1.54, 1.807) is 11.1 Å². The molecule has 2 aromatic rings. The number of β-amino-alcohol motifs (C(OH)–C–C–N with tert-alkyl or cyclic N) is 1. The maximum atomic E-state index is 12.6. The van der Waals surface area contributed by atoms with Crippen molar-refractivity contribution in [3.8, 4) is 0 Å². The topological polar surface area (TPSA) is 78.8 Å². The molecule has 1 aliphatic heterocycles. The summed E-state index contributed by atoms with van der Waals surface area (Å²) in [6, 6.07) is 7.52. The summed E-state index contributed by atoms with van der Waals surface area (Å²) in [4.78, 5) is 25.3. The lowest BCUT2D eigenvalue weighted by Gasteiger charge is -2.35. The molecule has 3 rings (SSSR count). The predicted molar refractivity (Wildman–Crippen MR) is 94.4 cm³/mol. The van der Waals surface area contributed by atoms with E-state index in [9.17, 15) is 9.90 Å². The van der Waals surface area contributed by atoms with Gasteiger partial charge in [0.25, 0.3) is 5.91 Å². The number of amides is 1. The molecular formula is C18H24N4O3. The van der Waals surface area contributed by atoms with Crippen molar-refractivity contribution in [3.63, 3.8) is 0 Å². The van der Waals surface area contributed by atoms with E-state index in [0.29, 0.717) is 38.5 Å². The summed E-state index contributed by atoms with van der Waals surface area (Å²) in [6.07, 6.45) is 1.05. The van der Waals surface area contributed by atoms with Crippen LogP contribution < -0.4 is 0 Å². The number of ether oxygens (including phenoxy) is 1. The molecule has 2 heterocycles. The molecule has 1 aromatic heterocycles. The van der Waals surface area contributed by atoms with Gasteiger partial charge in [-0.15, -0.1) is 0 Å². The van der Waals surface area contributed by atoms with Crippen molar-refractivity contribution in [2.24, 2.45) is 0 Å². The fourth-order valence-corrected chi connectivity index (χ4v) is 2.96. The highest BCUT2D eigenvalue weighted by Gasteiger charge is 2.24. The van der Waals surface area contributed by atoms with E-state index in [1.165, 1.54) is 0 Å². The van der Waals surface area contributed by atoms with Gasteiger partial charge in [0.05, 0.1) is 29.9 Å². The Balaban J connectivity index is 1.55. The Bertz CT molecular complexity index is 716. The molecule has 0 radical (unpaired) electrons. The molecular weight excluding hydrogens is 320 g/mol. The zero-order valence-electron chi connectivity index (χ0n) is 14.5. The van der Waals surface area contributed by atoms with Gasteiger partial charge in [-0.1, -0.05) is 12.1 Å². The summed E-state index contributed by atoms with van der Waals surface area (Å²) < 4.78 is 5.23. The molecule has 1 aromatic carbocycles. The van der Waals surface area contributed by atoms with E-state index in [4.69, 9.17) is 4.74 Å². The van der Waals surface area contributed by atoms with Gasteiger partial charge in [0, 0.05) is 39.3 Å². The number of fused-ring (bicyclic) bond motifs is 1. The van der Waals surface area contributed by atoms with Gasteiger partial charge < -0.3 is 14.7 Å². The molecule has 1 saturated heterocycles. The fourth-order valence-electron chi connectivity index (χ4n) is 2.96. The van der Waals surface area contributed by atoms with Gasteiger partial charge >= 0.3 is 0 Å². The van der Waals surface area contributed by atoms with E-state index in [2.05, 4.69) is 14.9 Å². The van der Waals surface area contributed by atoms with E-state index >= 15 is 0 Å². The second kappa shape index (κ2) is 8.33. The van der Waals surface area contributed by atoms with E-state index in [-0.39, 0.29) is 5.91 Å². The Morgan fingerprint density at radius 1 is 1.24 bits per heavy atom. The lowest BCUT2D eigenvalue weighted by molar-refractivity contribution is 0.0110. The van der Waals surface area contributed by atoms with Gasteiger partial charge in [-0.3, -0.25) is 14.7 Å². The highest BCUT2D eigenvalue weighted by Crippen LogP contribution is 2.12. The molecule has 1 aliphatic rings. The van der Waals surface area contributed by atoms with Crippen molar-refractivity contribution in [3.05, 3.63) is 36.2 Å². The van der Waals surface area contributed by atoms with Gasteiger partial charge in [0.15, 0.2) is 0 Å². The normalized spacial score (nSPS) is 17.0. The number of para-hydroxylation sites is 2. The van der Waals surface area contributed by atoms with Gasteiger partial charge in [-0.25, -0.2) is 4.98 Å². The molecule has 7 heteroatoms. The minimum atomic E-state index is -0.492. The Labute approximate surface area is 147 Å². The first-order chi connectivity index (χ1) is 12.2. The number of piperazine rings is 1. The van der Waals surface area contributed by atoms with Crippen LogP contribution in [0.2, 0.25) is 0 Å².